The number of para-hydroxylation sites is 2. The number of ether oxygens (including phenoxy) is 1. The Labute approximate surface area is 156 Å². The second-order valence-corrected chi connectivity index (χ2v) is 6.50. The van der Waals surface area contributed by atoms with Crippen molar-refractivity contribution in [2.75, 3.05) is 18.2 Å². The van der Waals surface area contributed by atoms with E-state index in [9.17, 15) is 4.79 Å². The molecule has 7 nitrogen and oxygen atoms in total. The monoisotopic (exact) mass is 371 g/mol. The first-order valence-corrected chi connectivity index (χ1v) is 9.54. The molecule has 136 valence electrons. The van der Waals surface area contributed by atoms with E-state index >= 15 is 0 Å². The number of carbonyl (C=O) groups excluding carboxylic acids is 1. The predicted octanol–water partition coefficient (Wildman–Crippen LogP) is 3.04. The molecule has 8 heteroatoms. The lowest BCUT2D eigenvalue weighted by Crippen LogP contribution is -2.18. The lowest BCUT2D eigenvalue weighted by Gasteiger charge is -2.13. The SMILES string of the molecule is CCOc1ccccc1NC(=O)Cc1c(C)nc2nc(SC)nn2c1C. The standard InChI is InChI=1S/C18H21N5O2S/c1-5-25-15-9-7-6-8-14(15)20-16(24)10-13-11(2)19-17-21-18(26-4)22-23(17)12(13)3/h6-9H,5,10H2,1-4H3,(H,20,24). The van der Waals surface area contributed by atoms with Crippen LogP contribution in [0.5, 0.6) is 5.75 Å². The van der Waals surface area contributed by atoms with E-state index in [-0.39, 0.29) is 12.3 Å². The maximum absolute atomic E-state index is 12.6. The van der Waals surface area contributed by atoms with Crippen molar-refractivity contribution in [3.8, 4) is 5.75 Å². The van der Waals surface area contributed by atoms with Gasteiger partial charge in [0.05, 0.1) is 18.7 Å². The first-order valence-electron chi connectivity index (χ1n) is 8.32. The molecular weight excluding hydrogens is 350 g/mol. The molecule has 0 spiro atoms. The summed E-state index contributed by atoms with van der Waals surface area (Å²) in [7, 11) is 0. The number of hydrogen-bond donors (Lipinski definition) is 1. The lowest BCUT2D eigenvalue weighted by molar-refractivity contribution is -0.115. The van der Waals surface area contributed by atoms with Gasteiger partial charge in [0, 0.05) is 17.0 Å². The largest absolute Gasteiger partial charge is 0.492 e. The molecule has 1 N–H and O–H groups in total. The Hall–Kier alpha value is -2.61. The Morgan fingerprint density at radius 1 is 1.27 bits per heavy atom. The third-order valence-corrected chi connectivity index (χ3v) is 4.55. The van der Waals surface area contributed by atoms with Crippen LogP contribution in [-0.2, 0) is 11.2 Å². The molecule has 1 amide bonds. The number of carbonyl (C=O) groups is 1. The highest BCUT2D eigenvalue weighted by atomic mass is 32.2. The predicted molar refractivity (Wildman–Crippen MR) is 102 cm³/mol. The molecule has 0 fully saturated rings. The summed E-state index contributed by atoms with van der Waals surface area (Å²) in [6.45, 7) is 6.26. The minimum atomic E-state index is -0.130. The summed E-state index contributed by atoms with van der Waals surface area (Å²) in [5.41, 5.74) is 3.16. The van der Waals surface area contributed by atoms with Gasteiger partial charge in [-0.3, -0.25) is 4.79 Å². The van der Waals surface area contributed by atoms with Gasteiger partial charge in [-0.25, -0.2) is 9.50 Å². The van der Waals surface area contributed by atoms with Crippen LogP contribution in [0.4, 0.5) is 5.69 Å². The van der Waals surface area contributed by atoms with Gasteiger partial charge in [-0.1, -0.05) is 23.9 Å². The number of rotatable bonds is 6. The molecule has 1 aromatic carbocycles. The number of thioether (sulfide) groups is 1. The second kappa shape index (κ2) is 7.74. The summed E-state index contributed by atoms with van der Waals surface area (Å²) in [5, 5.41) is 8.00. The van der Waals surface area contributed by atoms with Crippen LogP contribution in [0.2, 0.25) is 0 Å². The van der Waals surface area contributed by atoms with E-state index in [0.717, 1.165) is 17.0 Å². The molecule has 0 atom stereocenters. The van der Waals surface area contributed by atoms with Crippen LogP contribution in [0.25, 0.3) is 5.78 Å². The minimum Gasteiger partial charge on any atom is -0.492 e. The Morgan fingerprint density at radius 2 is 2.04 bits per heavy atom. The molecular formula is C18H21N5O2S. The number of hydrogen-bond acceptors (Lipinski definition) is 6. The van der Waals surface area contributed by atoms with E-state index < -0.39 is 0 Å². The molecule has 0 radical (unpaired) electrons. The zero-order chi connectivity index (χ0) is 18.7. The van der Waals surface area contributed by atoms with Crippen molar-refractivity contribution in [2.24, 2.45) is 0 Å². The number of aryl methyl sites for hydroxylation is 2. The smallest absolute Gasteiger partial charge is 0.253 e. The first kappa shape index (κ1) is 18.2. The normalized spacial score (nSPS) is 10.9. The van der Waals surface area contributed by atoms with Crippen molar-refractivity contribution in [3.05, 3.63) is 41.2 Å². The van der Waals surface area contributed by atoms with Crippen LogP contribution in [0.3, 0.4) is 0 Å². The number of benzene rings is 1. The van der Waals surface area contributed by atoms with Crippen LogP contribution < -0.4 is 10.1 Å². The number of fused-ring (bicyclic) bond motifs is 1. The van der Waals surface area contributed by atoms with Gasteiger partial charge in [-0.15, -0.1) is 5.10 Å². The van der Waals surface area contributed by atoms with Crippen LogP contribution >= 0.6 is 11.8 Å². The fourth-order valence-electron chi connectivity index (χ4n) is 2.74. The van der Waals surface area contributed by atoms with E-state index in [4.69, 9.17) is 4.74 Å². The molecule has 0 saturated carbocycles. The van der Waals surface area contributed by atoms with E-state index in [1.165, 1.54) is 11.8 Å². The van der Waals surface area contributed by atoms with Crippen molar-refractivity contribution in [3.63, 3.8) is 0 Å². The maximum Gasteiger partial charge on any atom is 0.253 e. The molecule has 26 heavy (non-hydrogen) atoms. The number of nitrogens with zero attached hydrogens (tertiary/aromatic N) is 4. The van der Waals surface area contributed by atoms with Gasteiger partial charge >= 0.3 is 0 Å². The molecule has 3 aromatic rings. The molecule has 0 bridgehead atoms. The highest BCUT2D eigenvalue weighted by Crippen LogP contribution is 2.24. The van der Waals surface area contributed by atoms with Crippen LogP contribution in [0, 0.1) is 13.8 Å². The highest BCUT2D eigenvalue weighted by Gasteiger charge is 2.16. The van der Waals surface area contributed by atoms with Gasteiger partial charge in [-0.05, 0) is 39.2 Å². The fourth-order valence-corrected chi connectivity index (χ4v) is 3.07. The fraction of sp³-hybridized carbons (Fsp3) is 0.333. The van der Waals surface area contributed by atoms with Crippen molar-refractivity contribution in [1.82, 2.24) is 19.6 Å². The topological polar surface area (TPSA) is 81.4 Å². The van der Waals surface area contributed by atoms with Crippen LogP contribution in [-0.4, -0.2) is 38.4 Å². The summed E-state index contributed by atoms with van der Waals surface area (Å²) in [5.74, 6) is 1.08. The number of aromatic nitrogens is 4. The number of nitrogens with one attached hydrogen (secondary N) is 1. The van der Waals surface area contributed by atoms with Crippen LogP contribution in [0.15, 0.2) is 29.4 Å². The summed E-state index contributed by atoms with van der Waals surface area (Å²) >= 11 is 1.46. The van der Waals surface area contributed by atoms with Crippen LogP contribution in [0.1, 0.15) is 23.9 Å². The summed E-state index contributed by atoms with van der Waals surface area (Å²) in [6.07, 6.45) is 2.12. The van der Waals surface area contributed by atoms with Crippen molar-refractivity contribution in [2.45, 2.75) is 32.3 Å². The average molecular weight is 371 g/mol. The molecule has 2 aromatic heterocycles. The molecule has 0 aliphatic heterocycles. The average Bonchev–Trinajstić information content (AvgIpc) is 3.04. The van der Waals surface area contributed by atoms with Gasteiger partial charge in [0.25, 0.3) is 5.78 Å². The van der Waals surface area contributed by atoms with Crippen molar-refractivity contribution >= 4 is 29.1 Å². The Morgan fingerprint density at radius 3 is 2.77 bits per heavy atom. The molecule has 0 unspecified atom stereocenters. The molecule has 0 saturated heterocycles. The van der Waals surface area contributed by atoms with Crippen molar-refractivity contribution < 1.29 is 9.53 Å². The lowest BCUT2D eigenvalue weighted by atomic mass is 10.1. The van der Waals surface area contributed by atoms with Gasteiger partial charge in [0.1, 0.15) is 5.75 Å². The Kier molecular flexibility index (Phi) is 5.41. The first-order chi connectivity index (χ1) is 12.5. The summed E-state index contributed by atoms with van der Waals surface area (Å²) in [6, 6.07) is 7.40. The molecule has 2 heterocycles. The third kappa shape index (κ3) is 3.65. The quantitative estimate of drug-likeness (QED) is 0.671. The van der Waals surface area contributed by atoms with Gasteiger partial charge in [0.15, 0.2) is 0 Å². The highest BCUT2D eigenvalue weighted by molar-refractivity contribution is 7.98. The van der Waals surface area contributed by atoms with E-state index in [1.54, 1.807) is 4.52 Å². The molecule has 0 aliphatic carbocycles. The van der Waals surface area contributed by atoms with E-state index in [0.29, 0.717) is 29.0 Å². The summed E-state index contributed by atoms with van der Waals surface area (Å²) < 4.78 is 7.25. The van der Waals surface area contributed by atoms with Gasteiger partial charge in [0.2, 0.25) is 11.1 Å². The Balaban J connectivity index is 1.85. The van der Waals surface area contributed by atoms with E-state index in [2.05, 4.69) is 20.4 Å². The van der Waals surface area contributed by atoms with Gasteiger partial charge in [-0.2, -0.15) is 4.98 Å². The zero-order valence-corrected chi connectivity index (χ0v) is 16.1. The Bertz CT molecular complexity index is 954. The molecule has 3 rings (SSSR count). The second-order valence-electron chi connectivity index (χ2n) is 5.73. The number of amides is 1. The molecule has 0 aliphatic rings. The minimum absolute atomic E-state index is 0.130. The van der Waals surface area contributed by atoms with Gasteiger partial charge < -0.3 is 10.1 Å². The summed E-state index contributed by atoms with van der Waals surface area (Å²) in [4.78, 5) is 21.4. The van der Waals surface area contributed by atoms with E-state index in [1.807, 2.05) is 51.3 Å². The third-order valence-electron chi connectivity index (χ3n) is 4.01. The maximum atomic E-state index is 12.6. The van der Waals surface area contributed by atoms with Crippen molar-refractivity contribution in [1.29, 1.82) is 0 Å². The number of anilines is 1. The zero-order valence-electron chi connectivity index (χ0n) is 15.2.